The average Bonchev–Trinajstić information content (AvgIpc) is 2.72. The minimum atomic E-state index is 0.174. The molecule has 0 aliphatic heterocycles. The van der Waals surface area contributed by atoms with Gasteiger partial charge in [-0.2, -0.15) is 0 Å². The van der Waals surface area contributed by atoms with Gasteiger partial charge in [0.05, 0.1) is 0 Å². The molecule has 0 amide bonds. The summed E-state index contributed by atoms with van der Waals surface area (Å²) < 4.78 is 0. The number of hydrogen-bond acceptors (Lipinski definition) is 2. The third kappa shape index (κ3) is 1.64. The molecule has 74 valence electrons. The highest BCUT2D eigenvalue weighted by Crippen LogP contribution is 2.37. The van der Waals surface area contributed by atoms with Gasteiger partial charge in [-0.15, -0.1) is 22.7 Å². The van der Waals surface area contributed by atoms with E-state index in [1.807, 2.05) is 22.7 Å². The third-order valence-corrected chi connectivity index (χ3v) is 5.01. The zero-order chi connectivity index (χ0) is 10.2. The molecule has 0 radical (unpaired) electrons. The Balaban J connectivity index is 2.42. The van der Waals surface area contributed by atoms with Crippen molar-refractivity contribution in [2.75, 3.05) is 0 Å². The van der Waals surface area contributed by atoms with Crippen LogP contribution >= 0.6 is 22.7 Å². The quantitative estimate of drug-likeness (QED) is 0.704. The summed E-state index contributed by atoms with van der Waals surface area (Å²) in [6.07, 6.45) is 0. The van der Waals surface area contributed by atoms with Crippen LogP contribution in [0.5, 0.6) is 0 Å². The van der Waals surface area contributed by atoms with E-state index in [1.54, 1.807) is 0 Å². The summed E-state index contributed by atoms with van der Waals surface area (Å²) in [6.45, 7) is 6.76. The molecule has 0 spiro atoms. The van der Waals surface area contributed by atoms with Crippen LogP contribution in [-0.2, 0) is 5.41 Å². The van der Waals surface area contributed by atoms with E-state index in [9.17, 15) is 0 Å². The van der Waals surface area contributed by atoms with Crippen molar-refractivity contribution in [1.82, 2.24) is 0 Å². The van der Waals surface area contributed by atoms with E-state index < -0.39 is 0 Å². The SMILES string of the molecule is Cc1ccc(C(C)(C)c2cccs2)s1. The second kappa shape index (κ2) is 3.52. The van der Waals surface area contributed by atoms with E-state index in [0.717, 1.165) is 0 Å². The van der Waals surface area contributed by atoms with Gasteiger partial charge in [-0.1, -0.05) is 19.9 Å². The molecule has 2 aromatic rings. The molecule has 2 heteroatoms. The molecule has 2 aromatic heterocycles. The fraction of sp³-hybridized carbons (Fsp3) is 0.333. The number of thiophene rings is 2. The number of rotatable bonds is 2. The van der Waals surface area contributed by atoms with Gasteiger partial charge in [-0.25, -0.2) is 0 Å². The monoisotopic (exact) mass is 222 g/mol. The molecule has 0 unspecified atom stereocenters. The second-order valence-electron chi connectivity index (χ2n) is 4.01. The van der Waals surface area contributed by atoms with Crippen LogP contribution in [0.2, 0.25) is 0 Å². The van der Waals surface area contributed by atoms with E-state index in [-0.39, 0.29) is 5.41 Å². The summed E-state index contributed by atoms with van der Waals surface area (Å²) >= 11 is 3.74. The standard InChI is InChI=1S/C12H14S2/c1-9-6-7-11(14-9)12(2,3)10-5-4-8-13-10/h4-8H,1-3H3. The summed E-state index contributed by atoms with van der Waals surface area (Å²) in [5.74, 6) is 0. The molecule has 0 N–H and O–H groups in total. The van der Waals surface area contributed by atoms with Gasteiger partial charge in [0, 0.05) is 20.0 Å². The molecule has 0 atom stereocenters. The fourth-order valence-corrected chi connectivity index (χ4v) is 3.44. The zero-order valence-corrected chi connectivity index (χ0v) is 10.3. The van der Waals surface area contributed by atoms with Crippen LogP contribution in [-0.4, -0.2) is 0 Å². The van der Waals surface area contributed by atoms with Crippen molar-refractivity contribution < 1.29 is 0 Å². The predicted octanol–water partition coefficient (Wildman–Crippen LogP) is 4.44. The van der Waals surface area contributed by atoms with Gasteiger partial charge in [0.25, 0.3) is 0 Å². The fourth-order valence-electron chi connectivity index (χ4n) is 1.53. The molecule has 2 heterocycles. The predicted molar refractivity (Wildman–Crippen MR) is 65.5 cm³/mol. The Morgan fingerprint density at radius 2 is 1.86 bits per heavy atom. The van der Waals surface area contributed by atoms with Crippen molar-refractivity contribution in [3.8, 4) is 0 Å². The normalized spacial score (nSPS) is 11.9. The Bertz CT molecular complexity index is 407. The highest BCUT2D eigenvalue weighted by molar-refractivity contribution is 7.13. The van der Waals surface area contributed by atoms with Gasteiger partial charge in [-0.3, -0.25) is 0 Å². The first-order valence-electron chi connectivity index (χ1n) is 4.71. The van der Waals surface area contributed by atoms with Crippen LogP contribution in [0.4, 0.5) is 0 Å². The van der Waals surface area contributed by atoms with Crippen LogP contribution in [0, 0.1) is 6.92 Å². The minimum Gasteiger partial charge on any atom is -0.148 e. The van der Waals surface area contributed by atoms with Gasteiger partial charge in [0.1, 0.15) is 0 Å². The van der Waals surface area contributed by atoms with E-state index in [2.05, 4.69) is 50.4 Å². The smallest absolute Gasteiger partial charge is 0.0334 e. The Hall–Kier alpha value is -0.600. The first-order valence-corrected chi connectivity index (χ1v) is 6.41. The Labute approximate surface area is 93.2 Å². The van der Waals surface area contributed by atoms with E-state index >= 15 is 0 Å². The highest BCUT2D eigenvalue weighted by atomic mass is 32.1. The summed E-state index contributed by atoms with van der Waals surface area (Å²) in [6, 6.07) is 8.80. The molecule has 0 saturated heterocycles. The van der Waals surface area contributed by atoms with Crippen molar-refractivity contribution in [3.05, 3.63) is 44.3 Å². The van der Waals surface area contributed by atoms with Crippen molar-refractivity contribution in [1.29, 1.82) is 0 Å². The number of hydrogen-bond donors (Lipinski definition) is 0. The van der Waals surface area contributed by atoms with E-state index in [0.29, 0.717) is 0 Å². The molecule has 0 nitrogen and oxygen atoms in total. The Kier molecular flexibility index (Phi) is 2.50. The van der Waals surface area contributed by atoms with Gasteiger partial charge < -0.3 is 0 Å². The van der Waals surface area contributed by atoms with Crippen LogP contribution in [0.15, 0.2) is 29.6 Å². The Morgan fingerprint density at radius 1 is 1.07 bits per heavy atom. The van der Waals surface area contributed by atoms with Crippen LogP contribution in [0.3, 0.4) is 0 Å². The van der Waals surface area contributed by atoms with Crippen molar-refractivity contribution >= 4 is 22.7 Å². The molecular weight excluding hydrogens is 208 g/mol. The van der Waals surface area contributed by atoms with Crippen LogP contribution < -0.4 is 0 Å². The van der Waals surface area contributed by atoms with Crippen molar-refractivity contribution in [3.63, 3.8) is 0 Å². The van der Waals surface area contributed by atoms with Gasteiger partial charge in [0.15, 0.2) is 0 Å². The maximum absolute atomic E-state index is 2.30. The van der Waals surface area contributed by atoms with Crippen molar-refractivity contribution in [2.24, 2.45) is 0 Å². The second-order valence-corrected chi connectivity index (χ2v) is 6.25. The topological polar surface area (TPSA) is 0 Å². The first-order chi connectivity index (χ1) is 6.60. The summed E-state index contributed by atoms with van der Waals surface area (Å²) in [7, 11) is 0. The molecule has 2 rings (SSSR count). The maximum atomic E-state index is 2.30. The summed E-state index contributed by atoms with van der Waals surface area (Å²) in [5.41, 5.74) is 0.174. The van der Waals surface area contributed by atoms with Gasteiger partial charge in [-0.05, 0) is 30.5 Å². The van der Waals surface area contributed by atoms with Crippen LogP contribution in [0.1, 0.15) is 28.5 Å². The van der Waals surface area contributed by atoms with Crippen molar-refractivity contribution in [2.45, 2.75) is 26.2 Å². The lowest BCUT2D eigenvalue weighted by Gasteiger charge is -2.21. The minimum absolute atomic E-state index is 0.174. The number of aryl methyl sites for hydroxylation is 1. The largest absolute Gasteiger partial charge is 0.148 e. The summed E-state index contributed by atoms with van der Waals surface area (Å²) in [5, 5.41) is 2.15. The van der Waals surface area contributed by atoms with Gasteiger partial charge >= 0.3 is 0 Å². The Morgan fingerprint density at radius 3 is 2.36 bits per heavy atom. The van der Waals surface area contributed by atoms with E-state index in [1.165, 1.54) is 14.6 Å². The van der Waals surface area contributed by atoms with Gasteiger partial charge in [0.2, 0.25) is 0 Å². The molecule has 0 aliphatic carbocycles. The molecule has 0 fully saturated rings. The molecule has 0 aromatic carbocycles. The highest BCUT2D eigenvalue weighted by Gasteiger charge is 2.25. The van der Waals surface area contributed by atoms with E-state index in [4.69, 9.17) is 0 Å². The molecular formula is C12H14S2. The lowest BCUT2D eigenvalue weighted by atomic mass is 9.90. The van der Waals surface area contributed by atoms with Crippen LogP contribution in [0.25, 0.3) is 0 Å². The zero-order valence-electron chi connectivity index (χ0n) is 8.70. The lowest BCUT2D eigenvalue weighted by molar-refractivity contribution is 0.671. The average molecular weight is 222 g/mol. The molecule has 14 heavy (non-hydrogen) atoms. The molecule has 0 aliphatic rings. The summed E-state index contributed by atoms with van der Waals surface area (Å²) in [4.78, 5) is 4.29. The maximum Gasteiger partial charge on any atom is 0.0334 e. The lowest BCUT2D eigenvalue weighted by Crippen LogP contribution is -2.14. The third-order valence-electron chi connectivity index (χ3n) is 2.49. The molecule has 0 bridgehead atoms. The first kappa shape index (κ1) is 9.94. The molecule has 0 saturated carbocycles.